The zero-order chi connectivity index (χ0) is 14.0. The molecular formula is C11H13ClN4OS2. The van der Waals surface area contributed by atoms with Gasteiger partial charge in [0.05, 0.1) is 10.9 Å². The number of nitrogens with one attached hydrogen (secondary N) is 1. The van der Waals surface area contributed by atoms with Gasteiger partial charge in [0.15, 0.2) is 5.82 Å². The number of amides is 1. The van der Waals surface area contributed by atoms with Gasteiger partial charge in [0.2, 0.25) is 0 Å². The normalized spacial score (nSPS) is 10.5. The van der Waals surface area contributed by atoms with E-state index in [4.69, 9.17) is 17.3 Å². The maximum Gasteiger partial charge on any atom is 0.257 e. The van der Waals surface area contributed by atoms with Gasteiger partial charge in [0.1, 0.15) is 10.6 Å². The number of carbonyl (C=O) groups excluding carboxylic acids is 1. The fourth-order valence-corrected chi connectivity index (χ4v) is 3.54. The number of nitrogens with two attached hydrogens (primary N) is 1. The zero-order valence-electron chi connectivity index (χ0n) is 10.4. The highest BCUT2D eigenvalue weighted by molar-refractivity contribution is 7.16. The molecule has 0 atom stereocenters. The van der Waals surface area contributed by atoms with Crippen molar-refractivity contribution in [1.82, 2.24) is 9.69 Å². The molecule has 19 heavy (non-hydrogen) atoms. The number of nitrogen functional groups attached to an aromatic ring is 1. The first kappa shape index (κ1) is 14.1. The van der Waals surface area contributed by atoms with Crippen molar-refractivity contribution in [3.8, 4) is 0 Å². The first-order chi connectivity index (χ1) is 9.02. The molecule has 2 aromatic heterocycles. The summed E-state index contributed by atoms with van der Waals surface area (Å²) in [6.07, 6.45) is 0. The molecule has 2 aromatic rings. The van der Waals surface area contributed by atoms with E-state index in [2.05, 4.69) is 9.69 Å². The fourth-order valence-electron chi connectivity index (χ4n) is 1.63. The second-order valence-corrected chi connectivity index (χ2v) is 6.44. The smallest absolute Gasteiger partial charge is 0.257 e. The molecule has 5 nitrogen and oxygen atoms in total. The molecule has 0 aliphatic rings. The van der Waals surface area contributed by atoms with Crippen molar-refractivity contribution in [1.29, 1.82) is 0 Å². The third-order valence-corrected chi connectivity index (χ3v) is 4.72. The molecule has 0 saturated carbocycles. The SMILES string of the molecule is CNC(=O)c1c(N)nsc1N(C)Cc1ccc(Cl)s1. The van der Waals surface area contributed by atoms with E-state index in [1.165, 1.54) is 22.9 Å². The van der Waals surface area contributed by atoms with E-state index in [1.807, 2.05) is 24.1 Å². The highest BCUT2D eigenvalue weighted by Crippen LogP contribution is 2.32. The van der Waals surface area contributed by atoms with Crippen molar-refractivity contribution in [3.63, 3.8) is 0 Å². The molecule has 0 aromatic carbocycles. The van der Waals surface area contributed by atoms with Crippen molar-refractivity contribution >= 4 is 51.2 Å². The van der Waals surface area contributed by atoms with E-state index in [9.17, 15) is 4.79 Å². The predicted octanol–water partition coefficient (Wildman–Crippen LogP) is 2.44. The summed E-state index contributed by atoms with van der Waals surface area (Å²) in [6, 6.07) is 3.82. The van der Waals surface area contributed by atoms with Crippen LogP contribution in [0.3, 0.4) is 0 Å². The third-order valence-electron chi connectivity index (χ3n) is 2.52. The Bertz CT molecular complexity index is 595. The van der Waals surface area contributed by atoms with Gasteiger partial charge in [-0.05, 0) is 23.7 Å². The Kier molecular flexibility index (Phi) is 4.28. The minimum Gasteiger partial charge on any atom is -0.382 e. The monoisotopic (exact) mass is 316 g/mol. The Morgan fingerprint density at radius 3 is 2.89 bits per heavy atom. The summed E-state index contributed by atoms with van der Waals surface area (Å²) >= 11 is 8.63. The Morgan fingerprint density at radius 1 is 1.58 bits per heavy atom. The summed E-state index contributed by atoms with van der Waals surface area (Å²) in [7, 11) is 3.47. The number of halogens is 1. The quantitative estimate of drug-likeness (QED) is 0.909. The van der Waals surface area contributed by atoms with Crippen LogP contribution in [0.5, 0.6) is 0 Å². The van der Waals surface area contributed by atoms with Gasteiger partial charge >= 0.3 is 0 Å². The predicted molar refractivity (Wildman–Crippen MR) is 81.4 cm³/mol. The molecule has 0 spiro atoms. The van der Waals surface area contributed by atoms with Crippen LogP contribution in [-0.4, -0.2) is 24.4 Å². The highest BCUT2D eigenvalue weighted by atomic mass is 35.5. The number of carbonyl (C=O) groups is 1. The van der Waals surface area contributed by atoms with E-state index >= 15 is 0 Å². The Labute approximate surface area is 124 Å². The third kappa shape index (κ3) is 2.99. The molecule has 0 bridgehead atoms. The maximum absolute atomic E-state index is 11.8. The molecule has 3 N–H and O–H groups in total. The van der Waals surface area contributed by atoms with E-state index in [1.54, 1.807) is 7.05 Å². The van der Waals surface area contributed by atoms with Crippen LogP contribution in [0.1, 0.15) is 15.2 Å². The average molecular weight is 317 g/mol. The van der Waals surface area contributed by atoms with Crippen molar-refractivity contribution in [3.05, 3.63) is 26.9 Å². The van der Waals surface area contributed by atoms with Crippen LogP contribution >= 0.6 is 34.5 Å². The van der Waals surface area contributed by atoms with Crippen LogP contribution < -0.4 is 16.0 Å². The molecule has 0 aliphatic heterocycles. The first-order valence-corrected chi connectivity index (χ1v) is 7.42. The van der Waals surface area contributed by atoms with E-state index < -0.39 is 0 Å². The zero-order valence-corrected chi connectivity index (χ0v) is 12.8. The van der Waals surface area contributed by atoms with Crippen LogP contribution in [0.25, 0.3) is 0 Å². The Balaban J connectivity index is 2.24. The number of thiophene rings is 1. The molecule has 102 valence electrons. The number of nitrogens with zero attached hydrogens (tertiary/aromatic N) is 2. The second kappa shape index (κ2) is 5.77. The average Bonchev–Trinajstić information content (AvgIpc) is 2.94. The van der Waals surface area contributed by atoms with Crippen molar-refractivity contribution in [2.45, 2.75) is 6.54 Å². The molecular weight excluding hydrogens is 304 g/mol. The van der Waals surface area contributed by atoms with Gasteiger partial charge in [-0.25, -0.2) is 0 Å². The number of hydrogen-bond acceptors (Lipinski definition) is 6. The Morgan fingerprint density at radius 2 is 2.32 bits per heavy atom. The van der Waals surface area contributed by atoms with Gasteiger partial charge in [0, 0.05) is 19.0 Å². The summed E-state index contributed by atoms with van der Waals surface area (Å²) in [5.74, 6) is 0.0349. The molecule has 2 rings (SSSR count). The lowest BCUT2D eigenvalue weighted by atomic mass is 10.2. The lowest BCUT2D eigenvalue weighted by molar-refractivity contribution is 0.0964. The summed E-state index contributed by atoms with van der Waals surface area (Å²) < 4.78 is 4.80. The fraction of sp³-hybridized carbons (Fsp3) is 0.273. The molecule has 0 aliphatic carbocycles. The van der Waals surface area contributed by atoms with Gasteiger partial charge in [-0.1, -0.05) is 11.6 Å². The standard InChI is InChI=1S/C11H13ClN4OS2/c1-14-10(17)8-9(13)15-19-11(8)16(2)5-6-3-4-7(12)18-6/h3-4H,5H2,1-2H3,(H2,13,15)(H,14,17). The van der Waals surface area contributed by atoms with Gasteiger partial charge in [-0.2, -0.15) is 4.37 Å². The Hall–Kier alpha value is -1.31. The molecule has 8 heteroatoms. The summed E-state index contributed by atoms with van der Waals surface area (Å²) in [4.78, 5) is 14.9. The van der Waals surface area contributed by atoms with E-state index in [0.717, 1.165) is 14.2 Å². The maximum atomic E-state index is 11.8. The summed E-state index contributed by atoms with van der Waals surface area (Å²) in [5, 5.41) is 3.33. The lowest BCUT2D eigenvalue weighted by Crippen LogP contribution is -2.23. The second-order valence-electron chi connectivity index (χ2n) is 3.89. The number of aromatic nitrogens is 1. The van der Waals surface area contributed by atoms with Crippen LogP contribution in [-0.2, 0) is 6.54 Å². The van der Waals surface area contributed by atoms with Gasteiger partial charge in [-0.3, -0.25) is 4.79 Å². The van der Waals surface area contributed by atoms with Gasteiger partial charge in [-0.15, -0.1) is 11.3 Å². The highest BCUT2D eigenvalue weighted by Gasteiger charge is 2.21. The molecule has 2 heterocycles. The molecule has 0 radical (unpaired) electrons. The van der Waals surface area contributed by atoms with Crippen molar-refractivity contribution in [2.24, 2.45) is 0 Å². The van der Waals surface area contributed by atoms with Crippen molar-refractivity contribution in [2.75, 3.05) is 24.7 Å². The van der Waals surface area contributed by atoms with Crippen LogP contribution in [0.4, 0.5) is 10.8 Å². The summed E-state index contributed by atoms with van der Waals surface area (Å²) in [6.45, 7) is 0.656. The van der Waals surface area contributed by atoms with E-state index in [-0.39, 0.29) is 11.7 Å². The van der Waals surface area contributed by atoms with Crippen molar-refractivity contribution < 1.29 is 4.79 Å². The molecule has 0 unspecified atom stereocenters. The van der Waals surface area contributed by atoms with Crippen LogP contribution in [0, 0.1) is 0 Å². The van der Waals surface area contributed by atoms with Crippen LogP contribution in [0.15, 0.2) is 12.1 Å². The number of anilines is 2. The van der Waals surface area contributed by atoms with Crippen LogP contribution in [0.2, 0.25) is 4.34 Å². The summed E-state index contributed by atoms with van der Waals surface area (Å²) in [5.41, 5.74) is 6.17. The molecule has 1 amide bonds. The van der Waals surface area contributed by atoms with Gasteiger partial charge in [0.25, 0.3) is 5.91 Å². The first-order valence-electron chi connectivity index (χ1n) is 5.45. The van der Waals surface area contributed by atoms with E-state index in [0.29, 0.717) is 12.1 Å². The minimum atomic E-state index is -0.225. The number of hydrogen-bond donors (Lipinski definition) is 2. The van der Waals surface area contributed by atoms with Gasteiger partial charge < -0.3 is 16.0 Å². The largest absolute Gasteiger partial charge is 0.382 e. The molecule has 0 fully saturated rings. The lowest BCUT2D eigenvalue weighted by Gasteiger charge is -2.17. The molecule has 0 saturated heterocycles. The topological polar surface area (TPSA) is 71.2 Å². The minimum absolute atomic E-state index is 0.225. The number of rotatable bonds is 4.